The van der Waals surface area contributed by atoms with Crippen LogP contribution in [0.4, 0.5) is 40.3 Å². The third-order valence-electron chi connectivity index (χ3n) is 20.5. The SMILES string of the molecule is CCCN(C)CCCNC(=O)c1ccc2c(O)cc3c(c2c1)C(CCl)CN3C(=O)c1cc2cc(NC(C)=O)ccc2[nH]1.CCNC(=O)CCNC(=O)c1nc(NC(=O)c2nc(NC(=O)c3nc(NC(=O)c4nc(NCCCN5CCN(CCCNc6ccc7ncn8c9ccccc9c(=O)c6c78)CC5)cn4C)cn3C)cn2C)cn1C. The number of rotatable bonds is 31. The Bertz CT molecular complexity index is 5750. The largest absolute Gasteiger partial charge is 0.507 e. The van der Waals surface area contributed by atoms with E-state index in [-0.39, 0.29) is 100 Å². The van der Waals surface area contributed by atoms with Crippen LogP contribution in [0.15, 0.2) is 121 Å². The molecule has 11 N–H and O–H groups in total. The molecule has 2 aliphatic rings. The van der Waals surface area contributed by atoms with Crippen molar-refractivity contribution in [2.45, 2.75) is 58.8 Å². The molecule has 0 radical (unpaired) electrons. The lowest BCUT2D eigenvalue weighted by molar-refractivity contribution is -0.120. The third-order valence-corrected chi connectivity index (χ3v) is 20.9. The van der Waals surface area contributed by atoms with Crippen molar-refractivity contribution < 1.29 is 43.5 Å². The van der Waals surface area contributed by atoms with E-state index in [0.29, 0.717) is 76.2 Å². The summed E-state index contributed by atoms with van der Waals surface area (Å²) in [7, 11) is 8.56. The Morgan fingerprint density at radius 2 is 1.22 bits per heavy atom. The first-order valence-electron chi connectivity index (χ1n) is 38.7. The van der Waals surface area contributed by atoms with Crippen molar-refractivity contribution in [1.82, 2.24) is 83.2 Å². The molecule has 2 aliphatic heterocycles. The maximum atomic E-state index is 13.8. The molecule has 35 heteroatoms. The van der Waals surface area contributed by atoms with Gasteiger partial charge in [-0.05, 0) is 144 Å². The van der Waals surface area contributed by atoms with Gasteiger partial charge < -0.3 is 95.8 Å². The zero-order chi connectivity index (χ0) is 82.0. The Kier molecular flexibility index (Phi) is 25.3. The van der Waals surface area contributed by atoms with Gasteiger partial charge in [-0.3, -0.25) is 47.6 Å². The van der Waals surface area contributed by atoms with Crippen LogP contribution in [0.3, 0.4) is 0 Å². The van der Waals surface area contributed by atoms with Crippen LogP contribution in [-0.2, 0) is 37.8 Å². The molecule has 12 aromatic rings. The average Bonchev–Trinajstić information content (AvgIpc) is 1.34. The number of alkyl halides is 1. The van der Waals surface area contributed by atoms with Crippen molar-refractivity contribution in [3.8, 4) is 5.75 Å². The van der Waals surface area contributed by atoms with Crippen molar-refractivity contribution in [3.63, 3.8) is 0 Å². The molecular formula is C81H95ClN24O10. The van der Waals surface area contributed by atoms with E-state index >= 15 is 0 Å². The summed E-state index contributed by atoms with van der Waals surface area (Å²) in [6.07, 6.45) is 11.8. The molecule has 0 spiro atoms. The quantitative estimate of drug-likeness (QED) is 0.0112. The van der Waals surface area contributed by atoms with Gasteiger partial charge in [0.05, 0.1) is 27.6 Å². The zero-order valence-electron chi connectivity index (χ0n) is 65.9. The van der Waals surface area contributed by atoms with Crippen molar-refractivity contribution >= 4 is 148 Å². The first-order valence-corrected chi connectivity index (χ1v) is 39.2. The van der Waals surface area contributed by atoms with Gasteiger partial charge in [0.2, 0.25) is 35.1 Å². The van der Waals surface area contributed by atoms with Crippen LogP contribution in [0.25, 0.3) is 49.0 Å². The van der Waals surface area contributed by atoms with Gasteiger partial charge in [-0.2, -0.15) is 0 Å². The van der Waals surface area contributed by atoms with E-state index in [9.17, 15) is 48.3 Å². The van der Waals surface area contributed by atoms with Gasteiger partial charge >= 0.3 is 0 Å². The Hall–Kier alpha value is -12.8. The third kappa shape index (κ3) is 18.4. The van der Waals surface area contributed by atoms with Crippen molar-refractivity contribution in [2.24, 2.45) is 28.2 Å². The molecule has 14 rings (SSSR count). The second-order valence-electron chi connectivity index (χ2n) is 29.1. The number of phenolic OH excluding ortho intramolecular Hbond substituents is 1. The molecular weight excluding hydrogens is 1500 g/mol. The van der Waals surface area contributed by atoms with Gasteiger partial charge in [0, 0.05) is 188 Å². The summed E-state index contributed by atoms with van der Waals surface area (Å²) in [5, 5.41) is 40.3. The minimum absolute atomic E-state index is 0.0223. The summed E-state index contributed by atoms with van der Waals surface area (Å²) in [5.74, 6) is -2.11. The first kappa shape index (κ1) is 81.2. The highest BCUT2D eigenvalue weighted by Crippen LogP contribution is 2.46. The molecule has 8 amide bonds. The molecule has 1 saturated heterocycles. The highest BCUT2D eigenvalue weighted by Gasteiger charge is 2.36. The van der Waals surface area contributed by atoms with Crippen LogP contribution < -0.4 is 58.2 Å². The summed E-state index contributed by atoms with van der Waals surface area (Å²) >= 11 is 6.42. The number of benzene rings is 5. The van der Waals surface area contributed by atoms with Gasteiger partial charge in [-0.15, -0.1) is 11.6 Å². The van der Waals surface area contributed by atoms with Crippen LogP contribution in [0.5, 0.6) is 5.75 Å². The maximum Gasteiger partial charge on any atom is 0.292 e. The van der Waals surface area contributed by atoms with E-state index in [4.69, 9.17) is 11.6 Å². The molecule has 1 unspecified atom stereocenters. The van der Waals surface area contributed by atoms with Gasteiger partial charge in [-0.1, -0.05) is 19.1 Å². The number of aromatic nitrogens is 11. The van der Waals surface area contributed by atoms with Crippen LogP contribution >= 0.6 is 11.6 Å². The number of aromatic amines is 1. The summed E-state index contributed by atoms with van der Waals surface area (Å²) in [6.45, 7) is 16.0. The second kappa shape index (κ2) is 36.1. The topological polar surface area (TPSA) is 399 Å². The number of anilines is 7. The average molecular weight is 1600 g/mol. The number of pyridine rings is 1. The molecule has 34 nitrogen and oxygen atoms in total. The number of nitrogens with one attached hydrogen (secondary N) is 10. The minimum Gasteiger partial charge on any atom is -0.507 e. The Labute approximate surface area is 672 Å². The number of H-pyrrole nitrogens is 1. The number of halogens is 1. The number of aromatic hydroxyl groups is 1. The number of phenols is 1. The zero-order valence-corrected chi connectivity index (χ0v) is 66.7. The lowest BCUT2D eigenvalue weighted by atomic mass is 9.94. The number of amides is 8. The Morgan fingerprint density at radius 3 is 1.84 bits per heavy atom. The summed E-state index contributed by atoms with van der Waals surface area (Å²) < 4.78 is 7.92. The minimum atomic E-state index is -0.649. The fourth-order valence-electron chi connectivity index (χ4n) is 14.9. The van der Waals surface area contributed by atoms with Crippen LogP contribution in [0, 0.1) is 0 Å². The predicted molar refractivity (Wildman–Crippen MR) is 447 cm³/mol. The first-order chi connectivity index (χ1) is 55.9. The molecule has 0 saturated carbocycles. The van der Waals surface area contributed by atoms with Gasteiger partial charge in [0.1, 0.15) is 23.6 Å². The number of piperazine rings is 1. The lowest BCUT2D eigenvalue weighted by Gasteiger charge is -2.34. The van der Waals surface area contributed by atoms with E-state index in [1.807, 2.05) is 46.9 Å². The predicted octanol–water partition coefficient (Wildman–Crippen LogP) is 7.74. The number of nitrogens with zero attached hydrogens (tertiary/aromatic N) is 14. The molecule has 1 fully saturated rings. The number of para-hydroxylation sites is 1. The number of carbonyl (C=O) groups excluding carboxylic acids is 8. The maximum absolute atomic E-state index is 13.8. The molecule has 606 valence electrons. The number of imidazole rings is 5. The Morgan fingerprint density at radius 1 is 0.612 bits per heavy atom. The molecule has 116 heavy (non-hydrogen) atoms. The standard InChI is InChI=1S/C49H59N19O6.C32H36ClN5O4/c1-6-50-38(69)15-18-53-46(71)42-56-35(26-63(42)3)59-48(73)44-58-37(28-65(44)5)61-49(74)45-57-36(27-64(45)4)60-47(72)43-55-34(25-62(43)2)52-17-10-20-67-23-21-66(22-24-67)19-9-16-51-31-13-14-32-40-39(31)41(70)30-11-7-8-12-33(30)68(40)29-54-32;1-4-11-37(3)12-5-10-34-31(41)20-6-8-24-25(14-20)30-22(17-33)18-38(28(30)16-29(24)40)32(42)27-15-21-13-23(35-19(2)39)7-9-26(21)36-27/h7-8,11-14,25-29,51-52H,6,9-10,15-24H2,1-5H3,(H,50,69)(H,53,71)(H,59,73)(H,60,72)(H,61,74);6-9,13-16,22,36,40H,4-5,10-12,17-18H2,1-3H3,(H,34,41)(H,35,39). The van der Waals surface area contributed by atoms with E-state index in [1.54, 1.807) is 99.6 Å². The van der Waals surface area contributed by atoms with Gasteiger partial charge in [0.25, 0.3) is 35.4 Å². The number of aryl methyl sites for hydroxylation is 4. The van der Waals surface area contributed by atoms with E-state index in [0.717, 1.165) is 123 Å². The van der Waals surface area contributed by atoms with Crippen molar-refractivity contribution in [3.05, 3.63) is 166 Å². The normalized spacial score (nSPS) is 13.6. The lowest BCUT2D eigenvalue weighted by Crippen LogP contribution is -2.47. The summed E-state index contributed by atoms with van der Waals surface area (Å²) in [6, 6.07) is 25.6. The van der Waals surface area contributed by atoms with Crippen LogP contribution in [0.2, 0.25) is 0 Å². The molecule has 0 bridgehead atoms. The van der Waals surface area contributed by atoms with Crippen LogP contribution in [-0.4, -0.2) is 224 Å². The van der Waals surface area contributed by atoms with Crippen molar-refractivity contribution in [2.75, 3.05) is 141 Å². The number of hydrogen-bond donors (Lipinski definition) is 11. The van der Waals surface area contributed by atoms with E-state index in [2.05, 4.69) is 106 Å². The van der Waals surface area contributed by atoms with E-state index in [1.165, 1.54) is 39.2 Å². The van der Waals surface area contributed by atoms with E-state index < -0.39 is 23.6 Å². The molecule has 1 atom stereocenters. The fraction of sp³-hybridized carbons (Fsp3) is 0.358. The second-order valence-corrected chi connectivity index (χ2v) is 29.4. The monoisotopic (exact) mass is 1600 g/mol. The van der Waals surface area contributed by atoms with Crippen molar-refractivity contribution in [1.29, 1.82) is 0 Å². The summed E-state index contributed by atoms with van der Waals surface area (Å²) in [5.41, 5.74) is 7.07. The molecule has 7 aromatic heterocycles. The number of hydrogen-bond acceptors (Lipinski definition) is 20. The van der Waals surface area contributed by atoms with Gasteiger partial charge in [0.15, 0.2) is 22.9 Å². The highest BCUT2D eigenvalue weighted by atomic mass is 35.5. The number of fused-ring (bicyclic) bond motifs is 6. The Balaban J connectivity index is 0.000000235. The fourth-order valence-corrected chi connectivity index (χ4v) is 15.1. The van der Waals surface area contributed by atoms with Crippen LogP contribution in [0.1, 0.15) is 128 Å². The molecule has 0 aliphatic carbocycles. The highest BCUT2D eigenvalue weighted by molar-refractivity contribution is 6.20. The smallest absolute Gasteiger partial charge is 0.292 e. The molecule has 9 heterocycles. The molecule has 5 aromatic carbocycles. The van der Waals surface area contributed by atoms with Gasteiger partial charge in [-0.25, -0.2) is 24.9 Å². The summed E-state index contributed by atoms with van der Waals surface area (Å²) in [4.78, 5) is 150. The number of carbonyl (C=O) groups is 8.